The van der Waals surface area contributed by atoms with Gasteiger partial charge in [-0.2, -0.15) is 5.10 Å². The molecule has 0 atom stereocenters. The molecule has 6 heteroatoms. The molecule has 0 bridgehead atoms. The molecule has 0 amide bonds. The van der Waals surface area contributed by atoms with Crippen molar-refractivity contribution in [2.45, 2.75) is 6.92 Å². The van der Waals surface area contributed by atoms with Gasteiger partial charge in [-0.25, -0.2) is 14.5 Å². The number of methoxy groups -OCH3 is 1. The fraction of sp³-hybridized carbons (Fsp3) is 0.182. The number of halogens is 1. The van der Waals surface area contributed by atoms with Crippen LogP contribution in [-0.4, -0.2) is 27.8 Å². The van der Waals surface area contributed by atoms with Crippen LogP contribution in [-0.2, 0) is 4.74 Å². The van der Waals surface area contributed by atoms with E-state index in [0.29, 0.717) is 17.1 Å². The first-order chi connectivity index (χ1) is 8.11. The third-order valence-corrected chi connectivity index (χ3v) is 2.71. The van der Waals surface area contributed by atoms with Gasteiger partial charge in [0.1, 0.15) is 12.2 Å². The summed E-state index contributed by atoms with van der Waals surface area (Å²) in [5.41, 5.74) is 1.08. The number of nitrogens with zero attached hydrogens (tertiary/aromatic N) is 3. The number of aryl methyl sites for hydroxylation is 1. The Hall–Kier alpha value is -1.69. The SMILES string of the molecule is COC(=O)c1cc(Br)ccc1-n1cnc(C)n1. The van der Waals surface area contributed by atoms with Crippen LogP contribution in [0.3, 0.4) is 0 Å². The van der Waals surface area contributed by atoms with Gasteiger partial charge in [-0.15, -0.1) is 0 Å². The Bertz CT molecular complexity index is 566. The van der Waals surface area contributed by atoms with E-state index in [2.05, 4.69) is 26.0 Å². The number of hydrogen-bond donors (Lipinski definition) is 0. The predicted octanol–water partition coefficient (Wildman–Crippen LogP) is 2.12. The van der Waals surface area contributed by atoms with Crippen LogP contribution in [0.25, 0.3) is 5.69 Å². The van der Waals surface area contributed by atoms with E-state index >= 15 is 0 Å². The molecular formula is C11H10BrN3O2. The molecule has 0 fully saturated rings. The molecule has 1 heterocycles. The summed E-state index contributed by atoms with van der Waals surface area (Å²) in [6.07, 6.45) is 1.56. The van der Waals surface area contributed by atoms with Crippen LogP contribution in [0.2, 0.25) is 0 Å². The van der Waals surface area contributed by atoms with Crippen molar-refractivity contribution in [1.29, 1.82) is 0 Å². The van der Waals surface area contributed by atoms with Crippen molar-refractivity contribution >= 4 is 21.9 Å². The Morgan fingerprint density at radius 1 is 1.47 bits per heavy atom. The van der Waals surface area contributed by atoms with Crippen molar-refractivity contribution in [1.82, 2.24) is 14.8 Å². The van der Waals surface area contributed by atoms with Gasteiger partial charge >= 0.3 is 5.97 Å². The molecule has 2 rings (SSSR count). The second-order valence-corrected chi connectivity index (χ2v) is 4.31. The maximum Gasteiger partial charge on any atom is 0.340 e. The number of ether oxygens (including phenoxy) is 1. The van der Waals surface area contributed by atoms with Crippen LogP contribution >= 0.6 is 15.9 Å². The van der Waals surface area contributed by atoms with E-state index in [1.165, 1.54) is 7.11 Å². The summed E-state index contributed by atoms with van der Waals surface area (Å²) in [5, 5.41) is 4.17. The lowest BCUT2D eigenvalue weighted by Crippen LogP contribution is -2.08. The Morgan fingerprint density at radius 3 is 2.82 bits per heavy atom. The summed E-state index contributed by atoms with van der Waals surface area (Å²) in [7, 11) is 1.35. The number of carbonyl (C=O) groups is 1. The summed E-state index contributed by atoms with van der Waals surface area (Å²) < 4.78 is 7.09. The van der Waals surface area contributed by atoms with E-state index in [1.807, 2.05) is 6.07 Å². The molecule has 88 valence electrons. The summed E-state index contributed by atoms with van der Waals surface area (Å²) >= 11 is 3.32. The van der Waals surface area contributed by atoms with Gasteiger partial charge in [0.25, 0.3) is 0 Å². The number of rotatable bonds is 2. The number of hydrogen-bond acceptors (Lipinski definition) is 4. The average Bonchev–Trinajstić information content (AvgIpc) is 2.74. The van der Waals surface area contributed by atoms with E-state index < -0.39 is 5.97 Å². The maximum absolute atomic E-state index is 11.7. The van der Waals surface area contributed by atoms with Crippen LogP contribution in [0.1, 0.15) is 16.2 Å². The Kier molecular flexibility index (Phi) is 3.23. The van der Waals surface area contributed by atoms with Crippen molar-refractivity contribution in [3.63, 3.8) is 0 Å². The molecule has 1 aromatic heterocycles. The molecule has 0 unspecified atom stereocenters. The summed E-state index contributed by atoms with van der Waals surface area (Å²) in [6, 6.07) is 5.31. The van der Waals surface area contributed by atoms with Gasteiger partial charge in [0.05, 0.1) is 18.4 Å². The molecule has 0 spiro atoms. The second-order valence-electron chi connectivity index (χ2n) is 3.39. The molecule has 0 saturated heterocycles. The zero-order valence-corrected chi connectivity index (χ0v) is 10.9. The average molecular weight is 296 g/mol. The Balaban J connectivity index is 2.57. The first-order valence-electron chi connectivity index (χ1n) is 4.88. The minimum absolute atomic E-state index is 0.408. The standard InChI is InChI=1S/C11H10BrN3O2/c1-7-13-6-15(14-7)10-4-3-8(12)5-9(10)11(16)17-2/h3-6H,1-2H3. The molecule has 0 radical (unpaired) electrons. The number of esters is 1. The molecule has 0 saturated carbocycles. The summed E-state index contributed by atoms with van der Waals surface area (Å²) in [5.74, 6) is 0.234. The topological polar surface area (TPSA) is 57.0 Å². The number of benzene rings is 1. The van der Waals surface area contributed by atoms with E-state index in [0.717, 1.165) is 4.47 Å². The van der Waals surface area contributed by atoms with Gasteiger partial charge in [-0.1, -0.05) is 15.9 Å². The predicted molar refractivity (Wildman–Crippen MR) is 65.1 cm³/mol. The Labute approximate surface area is 107 Å². The van der Waals surface area contributed by atoms with Crippen LogP contribution in [0.4, 0.5) is 0 Å². The van der Waals surface area contributed by atoms with Crippen LogP contribution in [0.5, 0.6) is 0 Å². The third-order valence-electron chi connectivity index (χ3n) is 2.22. The highest BCUT2D eigenvalue weighted by atomic mass is 79.9. The zero-order valence-electron chi connectivity index (χ0n) is 9.35. The lowest BCUT2D eigenvalue weighted by atomic mass is 10.2. The minimum Gasteiger partial charge on any atom is -0.465 e. The maximum atomic E-state index is 11.7. The van der Waals surface area contributed by atoms with Gasteiger partial charge in [0.2, 0.25) is 0 Å². The monoisotopic (exact) mass is 295 g/mol. The van der Waals surface area contributed by atoms with Gasteiger partial charge in [-0.05, 0) is 25.1 Å². The van der Waals surface area contributed by atoms with Crippen molar-refractivity contribution in [2.24, 2.45) is 0 Å². The fourth-order valence-electron chi connectivity index (χ4n) is 1.44. The van der Waals surface area contributed by atoms with Crippen molar-refractivity contribution in [3.05, 3.63) is 40.4 Å². The van der Waals surface area contributed by atoms with E-state index in [4.69, 9.17) is 4.74 Å². The van der Waals surface area contributed by atoms with Crippen molar-refractivity contribution in [3.8, 4) is 5.69 Å². The highest BCUT2D eigenvalue weighted by Gasteiger charge is 2.14. The van der Waals surface area contributed by atoms with E-state index in [-0.39, 0.29) is 0 Å². The molecule has 0 aliphatic heterocycles. The summed E-state index contributed by atoms with van der Waals surface area (Å²) in [6.45, 7) is 1.78. The van der Waals surface area contributed by atoms with Gasteiger partial charge in [-0.3, -0.25) is 0 Å². The van der Waals surface area contributed by atoms with Crippen molar-refractivity contribution in [2.75, 3.05) is 7.11 Å². The number of carbonyl (C=O) groups excluding carboxylic acids is 1. The molecule has 17 heavy (non-hydrogen) atoms. The van der Waals surface area contributed by atoms with Crippen molar-refractivity contribution < 1.29 is 9.53 Å². The highest BCUT2D eigenvalue weighted by molar-refractivity contribution is 9.10. The summed E-state index contributed by atoms with van der Waals surface area (Å²) in [4.78, 5) is 15.7. The zero-order chi connectivity index (χ0) is 12.4. The van der Waals surface area contributed by atoms with Crippen LogP contribution in [0.15, 0.2) is 29.0 Å². The van der Waals surface area contributed by atoms with Gasteiger partial charge < -0.3 is 4.74 Å². The normalized spacial score (nSPS) is 10.3. The van der Waals surface area contributed by atoms with Crippen LogP contribution in [0, 0.1) is 6.92 Å². The molecule has 2 aromatic rings. The highest BCUT2D eigenvalue weighted by Crippen LogP contribution is 2.20. The third kappa shape index (κ3) is 2.36. The lowest BCUT2D eigenvalue weighted by molar-refractivity contribution is 0.0600. The molecule has 0 aliphatic rings. The fourth-order valence-corrected chi connectivity index (χ4v) is 1.80. The Morgan fingerprint density at radius 2 is 2.24 bits per heavy atom. The van der Waals surface area contributed by atoms with Gasteiger partial charge in [0.15, 0.2) is 0 Å². The first kappa shape index (κ1) is 11.8. The van der Waals surface area contributed by atoms with Crippen LogP contribution < -0.4 is 0 Å². The smallest absolute Gasteiger partial charge is 0.340 e. The number of aromatic nitrogens is 3. The quantitative estimate of drug-likeness (QED) is 0.797. The molecule has 0 aliphatic carbocycles. The first-order valence-corrected chi connectivity index (χ1v) is 5.67. The van der Waals surface area contributed by atoms with E-state index in [1.54, 1.807) is 30.1 Å². The second kappa shape index (κ2) is 4.67. The van der Waals surface area contributed by atoms with E-state index in [9.17, 15) is 4.79 Å². The lowest BCUT2D eigenvalue weighted by Gasteiger charge is -2.07. The molecular weight excluding hydrogens is 286 g/mol. The minimum atomic E-state index is -0.408. The molecule has 0 N–H and O–H groups in total. The largest absolute Gasteiger partial charge is 0.465 e. The molecule has 5 nitrogen and oxygen atoms in total. The molecule has 1 aromatic carbocycles. The van der Waals surface area contributed by atoms with Gasteiger partial charge in [0, 0.05) is 4.47 Å².